The number of ether oxygens (including phenoxy) is 7. The molecule has 0 aromatic rings. The molecule has 0 bridgehead atoms. The second-order valence-corrected chi connectivity index (χ2v) is 27.0. The SMILES string of the molecule is CCCCCCCC/C=C\CCCCCC(=O)OC(COC(=O)CCCCCCCCCCCCCCC)COP(=O)(O)OC1C(OC2OC(CO)C(O)C(O)C2O)C(O)C(O)C(O)C1OC1OC(COC(=O)CCCCCCCCCCCCC)C(O)C(O)C1O. The number of hydrogen-bond donors (Lipinski definition) is 11. The van der Waals surface area contributed by atoms with Crippen LogP contribution in [0.25, 0.3) is 0 Å². The number of esters is 3. The lowest BCUT2D eigenvalue weighted by molar-refractivity contribution is -0.360. The van der Waals surface area contributed by atoms with Crippen molar-refractivity contribution in [2.45, 2.75) is 369 Å². The van der Waals surface area contributed by atoms with Crippen LogP contribution in [0.1, 0.15) is 265 Å². The molecule has 1 aliphatic carbocycles. The molecule has 3 aliphatic rings. The summed E-state index contributed by atoms with van der Waals surface area (Å²) in [7, 11) is -5.69. The molecule has 25 heteroatoms. The molecule has 0 aromatic carbocycles. The minimum atomic E-state index is -5.69. The summed E-state index contributed by atoms with van der Waals surface area (Å²) in [5, 5.41) is 110. The zero-order valence-electron chi connectivity index (χ0n) is 55.8. The lowest BCUT2D eigenvalue weighted by atomic mass is 9.84. The highest BCUT2D eigenvalue weighted by Crippen LogP contribution is 2.49. The Kier molecular flexibility index (Phi) is 45.7. The molecule has 0 aromatic heterocycles. The van der Waals surface area contributed by atoms with Crippen molar-refractivity contribution in [1.29, 1.82) is 0 Å². The van der Waals surface area contributed by atoms with E-state index >= 15 is 0 Å². The summed E-state index contributed by atoms with van der Waals surface area (Å²) in [5.41, 5.74) is 0. The van der Waals surface area contributed by atoms with Crippen LogP contribution in [0.2, 0.25) is 0 Å². The molecule has 11 N–H and O–H groups in total. The number of carbonyl (C=O) groups is 3. The lowest BCUT2D eigenvalue weighted by Gasteiger charge is -2.49. The lowest BCUT2D eigenvalue weighted by Crippen LogP contribution is -2.69. The first-order chi connectivity index (χ1) is 44.3. The fraction of sp³-hybridized carbons (Fsp3) is 0.925. The van der Waals surface area contributed by atoms with Crippen molar-refractivity contribution in [2.75, 3.05) is 26.4 Å². The third-order valence-electron chi connectivity index (χ3n) is 17.5. The van der Waals surface area contributed by atoms with Crippen LogP contribution in [0.3, 0.4) is 0 Å². The summed E-state index contributed by atoms with van der Waals surface area (Å²) in [6.45, 7) is 3.38. The summed E-state index contributed by atoms with van der Waals surface area (Å²) in [6.07, 6.45) is 6.04. The number of aliphatic hydroxyl groups is 10. The summed E-state index contributed by atoms with van der Waals surface area (Å²) in [6, 6.07) is 0. The van der Waals surface area contributed by atoms with Gasteiger partial charge in [-0.2, -0.15) is 0 Å². The van der Waals surface area contributed by atoms with Gasteiger partial charge in [-0.1, -0.05) is 213 Å². The van der Waals surface area contributed by atoms with Gasteiger partial charge in [0.15, 0.2) is 18.7 Å². The number of unbranched alkanes of at least 4 members (excludes halogenated alkanes) is 31. The van der Waals surface area contributed by atoms with E-state index in [2.05, 4.69) is 32.9 Å². The number of rotatable bonds is 54. The summed E-state index contributed by atoms with van der Waals surface area (Å²) >= 11 is 0. The van der Waals surface area contributed by atoms with Crippen molar-refractivity contribution in [3.05, 3.63) is 12.2 Å². The van der Waals surface area contributed by atoms with Crippen LogP contribution >= 0.6 is 7.82 Å². The Hall–Kier alpha value is -2.30. The van der Waals surface area contributed by atoms with Crippen molar-refractivity contribution >= 4 is 25.7 Å². The van der Waals surface area contributed by atoms with Gasteiger partial charge in [-0.25, -0.2) is 4.57 Å². The average molecular weight is 1340 g/mol. The van der Waals surface area contributed by atoms with Gasteiger partial charge in [0.2, 0.25) is 0 Å². The Morgan fingerprint density at radius 1 is 0.413 bits per heavy atom. The van der Waals surface area contributed by atoms with E-state index in [9.17, 15) is 74.9 Å². The van der Waals surface area contributed by atoms with Gasteiger partial charge in [0, 0.05) is 19.3 Å². The summed E-state index contributed by atoms with van der Waals surface area (Å²) in [5.74, 6) is -2.00. The largest absolute Gasteiger partial charge is 0.472 e. The second-order valence-electron chi connectivity index (χ2n) is 25.6. The summed E-state index contributed by atoms with van der Waals surface area (Å²) in [4.78, 5) is 50.8. The maximum atomic E-state index is 14.3. The number of carbonyl (C=O) groups excluding carboxylic acids is 3. The van der Waals surface area contributed by atoms with Gasteiger partial charge in [-0.3, -0.25) is 23.4 Å². The van der Waals surface area contributed by atoms with Crippen molar-refractivity contribution < 1.29 is 117 Å². The number of allylic oxidation sites excluding steroid dienone is 2. The number of phosphoric acid groups is 1. The fourth-order valence-corrected chi connectivity index (χ4v) is 12.7. The van der Waals surface area contributed by atoms with E-state index in [0.717, 1.165) is 89.9 Å². The standard InChI is InChI=1S/C67H123O24P/c1-4-7-10-13-16-19-22-24-27-30-32-35-38-41-51(69)83-45-48(86-53(71)43-40-37-34-31-28-25-23-20-17-14-11-8-5-2)46-85-92(81,82)91-65-63(89-66-61(79)56(74)54(72)49(44-68)87-66)59(77)58(76)60(78)64(65)90-67-62(80)57(75)55(73)50(88-67)47-84-52(70)42-39-36-33-29-26-21-18-15-12-9-6-3/h25,28,48-50,54-68,72-80H,4-24,26-27,29-47H2,1-3H3,(H,81,82)/b28-25-. The summed E-state index contributed by atoms with van der Waals surface area (Å²) < 4.78 is 64.8. The van der Waals surface area contributed by atoms with Crippen LogP contribution in [-0.2, 0) is 61.2 Å². The maximum Gasteiger partial charge on any atom is 0.472 e. The van der Waals surface area contributed by atoms with E-state index in [4.69, 9.17) is 42.2 Å². The zero-order chi connectivity index (χ0) is 67.5. The molecular weight excluding hydrogens is 1220 g/mol. The molecule has 18 unspecified atom stereocenters. The fourth-order valence-electron chi connectivity index (χ4n) is 11.7. The normalized spacial score (nSPS) is 28.7. The molecule has 2 heterocycles. The molecule has 2 aliphatic heterocycles. The molecule has 3 fully saturated rings. The quantitative estimate of drug-likeness (QED) is 0.00894. The smallest absolute Gasteiger partial charge is 0.463 e. The molecule has 0 amide bonds. The Morgan fingerprint density at radius 2 is 0.761 bits per heavy atom. The monoisotopic (exact) mass is 1340 g/mol. The van der Waals surface area contributed by atoms with Crippen LogP contribution < -0.4 is 0 Å². The molecular formula is C67H123O24P. The molecule has 24 nitrogen and oxygen atoms in total. The predicted molar refractivity (Wildman–Crippen MR) is 342 cm³/mol. The number of aliphatic hydroxyl groups excluding tert-OH is 10. The Balaban J connectivity index is 1.77. The van der Waals surface area contributed by atoms with E-state index in [-0.39, 0.29) is 19.3 Å². The molecule has 92 heavy (non-hydrogen) atoms. The minimum Gasteiger partial charge on any atom is -0.463 e. The third kappa shape index (κ3) is 33.8. The Bertz CT molecular complexity index is 1970. The van der Waals surface area contributed by atoms with Crippen LogP contribution in [0.15, 0.2) is 12.2 Å². The second kappa shape index (κ2) is 50.1. The van der Waals surface area contributed by atoms with E-state index in [1.54, 1.807) is 0 Å². The molecule has 3 rings (SSSR count). The average Bonchev–Trinajstić information content (AvgIpc) is 0.766. The molecule has 540 valence electrons. The first kappa shape index (κ1) is 83.9. The van der Waals surface area contributed by atoms with Crippen molar-refractivity contribution in [1.82, 2.24) is 0 Å². The first-order valence-electron chi connectivity index (χ1n) is 35.5. The molecule has 2 saturated heterocycles. The van der Waals surface area contributed by atoms with Gasteiger partial charge in [0.25, 0.3) is 0 Å². The number of phosphoric ester groups is 1. The van der Waals surface area contributed by atoms with Gasteiger partial charge in [0.1, 0.15) is 98.7 Å². The van der Waals surface area contributed by atoms with Gasteiger partial charge in [-0.05, 0) is 44.9 Å². The van der Waals surface area contributed by atoms with Crippen LogP contribution in [0, 0.1) is 0 Å². The molecule has 1 saturated carbocycles. The third-order valence-corrected chi connectivity index (χ3v) is 18.5. The highest BCUT2D eigenvalue weighted by Gasteiger charge is 2.58. The Labute approximate surface area is 548 Å². The van der Waals surface area contributed by atoms with Crippen LogP contribution in [-0.4, -0.2) is 204 Å². The Morgan fingerprint density at radius 3 is 1.18 bits per heavy atom. The van der Waals surface area contributed by atoms with E-state index in [0.29, 0.717) is 25.7 Å². The highest BCUT2D eigenvalue weighted by molar-refractivity contribution is 7.47. The van der Waals surface area contributed by atoms with Crippen LogP contribution in [0.5, 0.6) is 0 Å². The van der Waals surface area contributed by atoms with E-state index in [1.807, 2.05) is 0 Å². The topological polar surface area (TPSA) is 374 Å². The minimum absolute atomic E-state index is 0.0309. The zero-order valence-corrected chi connectivity index (χ0v) is 56.7. The van der Waals surface area contributed by atoms with Crippen molar-refractivity contribution in [3.63, 3.8) is 0 Å². The highest BCUT2D eigenvalue weighted by atomic mass is 31.2. The van der Waals surface area contributed by atoms with E-state index in [1.165, 1.54) is 109 Å². The van der Waals surface area contributed by atoms with Crippen LogP contribution in [0.4, 0.5) is 0 Å². The van der Waals surface area contributed by atoms with Gasteiger partial charge < -0.3 is 89.1 Å². The van der Waals surface area contributed by atoms with E-state index < -0.39 is 156 Å². The molecule has 0 radical (unpaired) electrons. The maximum absolute atomic E-state index is 14.3. The van der Waals surface area contributed by atoms with Crippen molar-refractivity contribution in [2.24, 2.45) is 0 Å². The van der Waals surface area contributed by atoms with Crippen molar-refractivity contribution in [3.8, 4) is 0 Å². The number of hydrogen-bond acceptors (Lipinski definition) is 23. The predicted octanol–water partition coefficient (Wildman–Crippen LogP) is 8.40. The van der Waals surface area contributed by atoms with Gasteiger partial charge in [0.05, 0.1) is 13.2 Å². The first-order valence-corrected chi connectivity index (χ1v) is 37.0. The van der Waals surface area contributed by atoms with Gasteiger partial charge in [-0.15, -0.1) is 0 Å². The molecule has 18 atom stereocenters. The molecule has 0 spiro atoms. The van der Waals surface area contributed by atoms with Gasteiger partial charge >= 0.3 is 25.7 Å².